The molecule has 0 atom stereocenters. The fourth-order valence-corrected chi connectivity index (χ4v) is 4.07. The van der Waals surface area contributed by atoms with Crippen molar-refractivity contribution in [3.8, 4) is 0 Å². The Morgan fingerprint density at radius 3 is 1.00 bits per heavy atom. The van der Waals surface area contributed by atoms with E-state index in [0.29, 0.717) is 33.0 Å². The first-order chi connectivity index (χ1) is 11.2. The maximum absolute atomic E-state index is 2.35. The van der Waals surface area contributed by atoms with Gasteiger partial charge in [-0.3, -0.25) is 0 Å². The lowest BCUT2D eigenvalue weighted by Crippen LogP contribution is -2.41. The van der Waals surface area contributed by atoms with E-state index in [2.05, 4.69) is 127 Å². The predicted molar refractivity (Wildman–Crippen MR) is 121 cm³/mol. The molecule has 1 aromatic rings. The fraction of sp³-hybridized carbons (Fsp3) is 0.769. The molecule has 0 unspecified atom stereocenters. The largest absolute Gasteiger partial charge is 0.0622 e. The third kappa shape index (κ3) is 6.75. The van der Waals surface area contributed by atoms with Crippen molar-refractivity contribution in [3.05, 3.63) is 35.9 Å². The summed E-state index contributed by atoms with van der Waals surface area (Å²) in [6.45, 7) is 32.6. The molecule has 0 aliphatic carbocycles. The van der Waals surface area contributed by atoms with Gasteiger partial charge in [0.15, 0.2) is 0 Å². The Kier molecular flexibility index (Phi) is 7.83. The van der Waals surface area contributed by atoms with Crippen LogP contribution < -0.4 is 0 Å². The molecule has 0 heterocycles. The van der Waals surface area contributed by atoms with Crippen molar-refractivity contribution in [2.45, 2.75) is 103 Å². The van der Waals surface area contributed by atoms with Crippen LogP contribution in [0.3, 0.4) is 0 Å². The van der Waals surface area contributed by atoms with Crippen LogP contribution in [-0.4, -0.2) is 0 Å². The van der Waals surface area contributed by atoms with Crippen molar-refractivity contribution < 1.29 is 0 Å². The van der Waals surface area contributed by atoms with E-state index >= 15 is 0 Å². The van der Waals surface area contributed by atoms with Gasteiger partial charge in [0.1, 0.15) is 0 Å². The van der Waals surface area contributed by atoms with Gasteiger partial charge in [-0.15, -0.1) is 0 Å². The first kappa shape index (κ1) is 25.2. The van der Waals surface area contributed by atoms with E-state index in [0.717, 1.165) is 0 Å². The van der Waals surface area contributed by atoms with E-state index in [1.54, 1.807) is 0 Å². The standard InChI is InChI=1S/C15H24.C11H24/c1-14(2,3)13(15(4,5)6)12-10-8-7-9-11-12;1-9(2,3)11(7,8)10(4,5)6/h7-11,13H,1-6H3;1-8H3. The van der Waals surface area contributed by atoms with Crippen LogP contribution in [0.4, 0.5) is 0 Å². The van der Waals surface area contributed by atoms with Gasteiger partial charge in [-0.25, -0.2) is 0 Å². The molecule has 26 heavy (non-hydrogen) atoms. The van der Waals surface area contributed by atoms with Gasteiger partial charge in [0.25, 0.3) is 0 Å². The molecule has 0 nitrogen and oxygen atoms in total. The smallest absolute Gasteiger partial charge is 0.00646 e. The minimum atomic E-state index is 0.305. The molecular weight excluding hydrogens is 312 g/mol. The minimum Gasteiger partial charge on any atom is -0.0622 e. The molecule has 0 aliphatic rings. The molecule has 0 saturated carbocycles. The Hall–Kier alpha value is -0.780. The normalized spacial score (nSPS) is 14.1. The van der Waals surface area contributed by atoms with Crippen molar-refractivity contribution in [1.82, 2.24) is 0 Å². The third-order valence-electron chi connectivity index (χ3n) is 6.61. The number of rotatable bonds is 1. The van der Waals surface area contributed by atoms with Gasteiger partial charge in [0, 0.05) is 0 Å². The van der Waals surface area contributed by atoms with Crippen molar-refractivity contribution in [2.75, 3.05) is 0 Å². The van der Waals surface area contributed by atoms with Crippen LogP contribution in [0.5, 0.6) is 0 Å². The van der Waals surface area contributed by atoms with Gasteiger partial charge < -0.3 is 0 Å². The van der Waals surface area contributed by atoms with Gasteiger partial charge in [-0.05, 0) is 38.6 Å². The van der Waals surface area contributed by atoms with Crippen LogP contribution in [0.15, 0.2) is 30.3 Å². The van der Waals surface area contributed by atoms with Crippen molar-refractivity contribution in [3.63, 3.8) is 0 Å². The average molecular weight is 361 g/mol. The fourth-order valence-electron chi connectivity index (χ4n) is 4.07. The summed E-state index contributed by atoms with van der Waals surface area (Å²) in [5.74, 6) is 0.589. The molecule has 0 radical (unpaired) electrons. The maximum Gasteiger partial charge on any atom is -0.00646 e. The highest BCUT2D eigenvalue weighted by Gasteiger charge is 2.42. The predicted octanol–water partition coefficient (Wildman–Crippen LogP) is 8.97. The molecule has 0 heteroatoms. The Labute approximate surface area is 166 Å². The highest BCUT2D eigenvalue weighted by Crippen LogP contribution is 2.50. The summed E-state index contributed by atoms with van der Waals surface area (Å²) in [7, 11) is 0. The lowest BCUT2D eigenvalue weighted by molar-refractivity contribution is 0.00575. The zero-order valence-corrected chi connectivity index (χ0v) is 20.5. The molecule has 1 rings (SSSR count). The molecule has 0 saturated heterocycles. The second-order valence-electron chi connectivity index (χ2n) is 12.7. The molecule has 1 aromatic carbocycles. The SMILES string of the molecule is CC(C)(C)C(C)(C)C(C)(C)C.CC(C)(C)C(c1ccccc1)C(C)(C)C. The summed E-state index contributed by atoms with van der Waals surface area (Å²) in [6, 6.07) is 10.9. The van der Waals surface area contributed by atoms with E-state index < -0.39 is 0 Å². The van der Waals surface area contributed by atoms with E-state index in [-0.39, 0.29) is 0 Å². The molecule has 0 aromatic heterocycles. The summed E-state index contributed by atoms with van der Waals surface area (Å²) >= 11 is 0. The minimum absolute atomic E-state index is 0.305. The molecule has 0 aliphatic heterocycles. The van der Waals surface area contributed by atoms with Gasteiger partial charge >= 0.3 is 0 Å². The van der Waals surface area contributed by atoms with Crippen molar-refractivity contribution in [1.29, 1.82) is 0 Å². The van der Waals surface area contributed by atoms with Gasteiger partial charge in [0.05, 0.1) is 0 Å². The Balaban J connectivity index is 0.000000508. The summed E-state index contributed by atoms with van der Waals surface area (Å²) in [4.78, 5) is 0. The number of hydrogen-bond acceptors (Lipinski definition) is 0. The summed E-state index contributed by atoms with van der Waals surface area (Å²) in [5.41, 5.74) is 3.20. The summed E-state index contributed by atoms with van der Waals surface area (Å²) in [6.07, 6.45) is 0. The second-order valence-corrected chi connectivity index (χ2v) is 12.7. The topological polar surface area (TPSA) is 0 Å². The quantitative estimate of drug-likeness (QED) is 0.468. The molecule has 0 amide bonds. The van der Waals surface area contributed by atoms with Gasteiger partial charge in [-0.1, -0.05) is 127 Å². The van der Waals surface area contributed by atoms with Crippen LogP contribution >= 0.6 is 0 Å². The third-order valence-corrected chi connectivity index (χ3v) is 6.61. The average Bonchev–Trinajstić information content (AvgIpc) is 2.34. The van der Waals surface area contributed by atoms with Crippen LogP contribution in [0.1, 0.15) is 108 Å². The second kappa shape index (κ2) is 8.07. The molecule has 0 N–H and O–H groups in total. The van der Waals surface area contributed by atoms with Crippen LogP contribution in [0.25, 0.3) is 0 Å². The zero-order valence-electron chi connectivity index (χ0n) is 20.5. The number of benzene rings is 1. The lowest BCUT2D eigenvalue weighted by Gasteiger charge is -2.49. The van der Waals surface area contributed by atoms with E-state index in [1.165, 1.54) is 5.56 Å². The molecule has 0 spiro atoms. The van der Waals surface area contributed by atoms with Gasteiger partial charge in [0.2, 0.25) is 0 Å². The zero-order chi connectivity index (χ0) is 21.2. The summed E-state index contributed by atoms with van der Waals surface area (Å²) < 4.78 is 0. The monoisotopic (exact) mass is 360 g/mol. The Morgan fingerprint density at radius 2 is 0.808 bits per heavy atom. The van der Waals surface area contributed by atoms with Gasteiger partial charge in [-0.2, -0.15) is 0 Å². The van der Waals surface area contributed by atoms with E-state index in [4.69, 9.17) is 0 Å². The van der Waals surface area contributed by atoms with Crippen LogP contribution in [0, 0.1) is 27.1 Å². The highest BCUT2D eigenvalue weighted by molar-refractivity contribution is 5.23. The Bertz CT molecular complexity index is 489. The van der Waals surface area contributed by atoms with Crippen LogP contribution in [0.2, 0.25) is 0 Å². The lowest BCUT2D eigenvalue weighted by atomic mass is 9.56. The molecule has 0 fully saturated rings. The highest BCUT2D eigenvalue weighted by atomic mass is 14.5. The first-order valence-corrected chi connectivity index (χ1v) is 10.3. The number of hydrogen-bond donors (Lipinski definition) is 0. The Morgan fingerprint density at radius 1 is 0.500 bits per heavy atom. The van der Waals surface area contributed by atoms with Crippen LogP contribution in [-0.2, 0) is 0 Å². The molecule has 152 valence electrons. The van der Waals surface area contributed by atoms with Crippen molar-refractivity contribution >= 4 is 0 Å². The first-order valence-electron chi connectivity index (χ1n) is 10.3. The van der Waals surface area contributed by atoms with E-state index in [1.807, 2.05) is 0 Å². The van der Waals surface area contributed by atoms with Crippen molar-refractivity contribution in [2.24, 2.45) is 27.1 Å². The summed E-state index contributed by atoms with van der Waals surface area (Å²) in [5, 5.41) is 0. The van der Waals surface area contributed by atoms with E-state index in [9.17, 15) is 0 Å². The molecular formula is C26H48. The molecule has 0 bridgehead atoms. The maximum atomic E-state index is 2.35.